The molecule has 1 atom stereocenters. The van der Waals surface area contributed by atoms with Crippen molar-refractivity contribution in [3.8, 4) is 0 Å². The van der Waals surface area contributed by atoms with E-state index in [0.29, 0.717) is 25.6 Å². The first-order valence-electron chi connectivity index (χ1n) is 5.66. The average Bonchev–Trinajstić information content (AvgIpc) is 2.13. The lowest BCUT2D eigenvalue weighted by Gasteiger charge is -2.14. The number of ether oxygens (including phenoxy) is 1. The summed E-state index contributed by atoms with van der Waals surface area (Å²) >= 11 is 0. The lowest BCUT2D eigenvalue weighted by Crippen LogP contribution is -2.36. The molecule has 0 fully saturated rings. The molecule has 0 aromatic rings. The highest BCUT2D eigenvalue weighted by molar-refractivity contribution is 5.76. The van der Waals surface area contributed by atoms with Crippen LogP contribution in [0.4, 0.5) is 0 Å². The predicted molar refractivity (Wildman–Crippen MR) is 61.9 cm³/mol. The molecule has 0 aliphatic carbocycles. The summed E-state index contributed by atoms with van der Waals surface area (Å²) in [7, 11) is 0. The van der Waals surface area contributed by atoms with Gasteiger partial charge >= 0.3 is 0 Å². The van der Waals surface area contributed by atoms with Crippen molar-refractivity contribution in [3.05, 3.63) is 0 Å². The Balaban J connectivity index is 3.40. The Morgan fingerprint density at radius 1 is 1.33 bits per heavy atom. The fraction of sp³-hybridized carbons (Fsp3) is 0.909. The maximum atomic E-state index is 11.3. The van der Waals surface area contributed by atoms with E-state index in [2.05, 4.69) is 17.6 Å². The van der Waals surface area contributed by atoms with Gasteiger partial charge in [-0.2, -0.15) is 0 Å². The van der Waals surface area contributed by atoms with Crippen LogP contribution in [-0.4, -0.2) is 37.7 Å². The highest BCUT2D eigenvalue weighted by Gasteiger charge is 2.04. The van der Waals surface area contributed by atoms with Crippen molar-refractivity contribution in [1.82, 2.24) is 10.6 Å². The summed E-state index contributed by atoms with van der Waals surface area (Å²) in [5.41, 5.74) is 0. The molecule has 0 saturated heterocycles. The zero-order valence-corrected chi connectivity index (χ0v) is 10.3. The summed E-state index contributed by atoms with van der Waals surface area (Å²) in [4.78, 5) is 11.3. The Bertz CT molecular complexity index is 172. The topological polar surface area (TPSA) is 50.4 Å². The van der Waals surface area contributed by atoms with Crippen LogP contribution in [0.3, 0.4) is 0 Å². The molecule has 2 N–H and O–H groups in total. The summed E-state index contributed by atoms with van der Waals surface area (Å²) in [6.07, 6.45) is 0.522. The van der Waals surface area contributed by atoms with Crippen LogP contribution < -0.4 is 10.6 Å². The molecule has 4 nitrogen and oxygen atoms in total. The second-order valence-corrected chi connectivity index (χ2v) is 3.99. The van der Waals surface area contributed by atoms with Crippen LogP contribution in [0.5, 0.6) is 0 Å². The number of hydrogen-bond donors (Lipinski definition) is 2. The fourth-order valence-corrected chi connectivity index (χ4v) is 1.18. The molecule has 1 unspecified atom stereocenters. The van der Waals surface area contributed by atoms with Crippen LogP contribution in [-0.2, 0) is 9.53 Å². The Hall–Kier alpha value is -0.610. The van der Waals surface area contributed by atoms with Gasteiger partial charge in [-0.1, -0.05) is 0 Å². The molecule has 15 heavy (non-hydrogen) atoms. The van der Waals surface area contributed by atoms with Crippen molar-refractivity contribution in [2.75, 3.05) is 19.8 Å². The molecule has 0 aliphatic heterocycles. The summed E-state index contributed by atoms with van der Waals surface area (Å²) in [6, 6.07) is 0.523. The van der Waals surface area contributed by atoms with Crippen LogP contribution in [0.1, 0.15) is 34.1 Å². The van der Waals surface area contributed by atoms with Gasteiger partial charge < -0.3 is 15.4 Å². The second-order valence-electron chi connectivity index (χ2n) is 3.99. The highest BCUT2D eigenvalue weighted by atomic mass is 16.5. The van der Waals surface area contributed by atoms with E-state index < -0.39 is 0 Å². The smallest absolute Gasteiger partial charge is 0.221 e. The Labute approximate surface area is 92.8 Å². The van der Waals surface area contributed by atoms with E-state index in [9.17, 15) is 4.79 Å². The minimum absolute atomic E-state index is 0.0982. The molecule has 0 aromatic heterocycles. The summed E-state index contributed by atoms with van der Waals surface area (Å²) in [5.74, 6) is 0.0982. The Morgan fingerprint density at radius 3 is 2.53 bits per heavy atom. The molecule has 90 valence electrons. The molecule has 0 spiro atoms. The van der Waals surface area contributed by atoms with Gasteiger partial charge in [0.05, 0.1) is 6.61 Å². The molecule has 0 heterocycles. The SMILES string of the molecule is CCOCC(C)NCCC(=O)NC(C)C. The van der Waals surface area contributed by atoms with Crippen molar-refractivity contribution >= 4 is 5.91 Å². The molecule has 0 radical (unpaired) electrons. The zero-order chi connectivity index (χ0) is 11.7. The number of nitrogens with one attached hydrogen (secondary N) is 2. The van der Waals surface area contributed by atoms with E-state index in [0.717, 1.165) is 6.61 Å². The number of rotatable bonds is 8. The Morgan fingerprint density at radius 2 is 2.00 bits per heavy atom. The second kappa shape index (κ2) is 8.68. The van der Waals surface area contributed by atoms with Gasteiger partial charge in [0, 0.05) is 31.7 Å². The molecular formula is C11H24N2O2. The molecule has 4 heteroatoms. The Kier molecular flexibility index (Phi) is 8.33. The summed E-state index contributed by atoms with van der Waals surface area (Å²) in [5, 5.41) is 6.09. The maximum Gasteiger partial charge on any atom is 0.221 e. The van der Waals surface area contributed by atoms with Crippen LogP contribution in [0.2, 0.25) is 0 Å². The average molecular weight is 216 g/mol. The van der Waals surface area contributed by atoms with Gasteiger partial charge in [-0.05, 0) is 27.7 Å². The minimum Gasteiger partial charge on any atom is -0.380 e. The third-order valence-electron chi connectivity index (χ3n) is 1.87. The molecule has 1 amide bonds. The molecule has 0 rings (SSSR count). The fourth-order valence-electron chi connectivity index (χ4n) is 1.18. The molecular weight excluding hydrogens is 192 g/mol. The van der Waals surface area contributed by atoms with Crippen molar-refractivity contribution in [1.29, 1.82) is 0 Å². The lowest BCUT2D eigenvalue weighted by molar-refractivity contribution is -0.121. The van der Waals surface area contributed by atoms with Crippen LogP contribution >= 0.6 is 0 Å². The largest absolute Gasteiger partial charge is 0.380 e. The van der Waals surface area contributed by atoms with Gasteiger partial charge in [-0.25, -0.2) is 0 Å². The lowest BCUT2D eigenvalue weighted by atomic mass is 10.3. The van der Waals surface area contributed by atoms with Crippen molar-refractivity contribution in [3.63, 3.8) is 0 Å². The van der Waals surface area contributed by atoms with E-state index in [1.54, 1.807) is 0 Å². The molecule has 0 bridgehead atoms. The quantitative estimate of drug-likeness (QED) is 0.634. The van der Waals surface area contributed by atoms with Crippen molar-refractivity contribution in [2.45, 2.75) is 46.2 Å². The van der Waals surface area contributed by atoms with Crippen molar-refractivity contribution < 1.29 is 9.53 Å². The van der Waals surface area contributed by atoms with Gasteiger partial charge in [0.25, 0.3) is 0 Å². The van der Waals surface area contributed by atoms with E-state index in [1.807, 2.05) is 20.8 Å². The van der Waals surface area contributed by atoms with Gasteiger partial charge in [-0.3, -0.25) is 4.79 Å². The van der Waals surface area contributed by atoms with E-state index in [-0.39, 0.29) is 11.9 Å². The van der Waals surface area contributed by atoms with Gasteiger partial charge in [0.15, 0.2) is 0 Å². The normalized spacial score (nSPS) is 12.9. The number of amides is 1. The first kappa shape index (κ1) is 14.4. The summed E-state index contributed by atoms with van der Waals surface area (Å²) in [6.45, 7) is 10.1. The highest BCUT2D eigenvalue weighted by Crippen LogP contribution is 1.87. The van der Waals surface area contributed by atoms with Crippen LogP contribution in [0.15, 0.2) is 0 Å². The third kappa shape index (κ3) is 9.69. The van der Waals surface area contributed by atoms with E-state index >= 15 is 0 Å². The minimum atomic E-state index is 0.0982. The van der Waals surface area contributed by atoms with E-state index in [4.69, 9.17) is 4.74 Å². The number of hydrogen-bond acceptors (Lipinski definition) is 3. The first-order valence-corrected chi connectivity index (χ1v) is 5.66. The van der Waals surface area contributed by atoms with E-state index in [1.165, 1.54) is 0 Å². The molecule has 0 aromatic carbocycles. The van der Waals surface area contributed by atoms with Gasteiger partial charge in [0.2, 0.25) is 5.91 Å². The predicted octanol–water partition coefficient (Wildman–Crippen LogP) is 0.916. The van der Waals surface area contributed by atoms with Crippen LogP contribution in [0.25, 0.3) is 0 Å². The van der Waals surface area contributed by atoms with Gasteiger partial charge in [-0.15, -0.1) is 0 Å². The summed E-state index contributed by atoms with van der Waals surface area (Å²) < 4.78 is 5.25. The van der Waals surface area contributed by atoms with Crippen molar-refractivity contribution in [2.24, 2.45) is 0 Å². The standard InChI is InChI=1S/C11H24N2O2/c1-5-15-8-10(4)12-7-6-11(14)13-9(2)3/h9-10,12H,5-8H2,1-4H3,(H,13,14). The maximum absolute atomic E-state index is 11.3. The zero-order valence-electron chi connectivity index (χ0n) is 10.3. The first-order chi connectivity index (χ1) is 7.06. The number of carbonyl (C=O) groups is 1. The van der Waals surface area contributed by atoms with Gasteiger partial charge in [0.1, 0.15) is 0 Å². The number of carbonyl (C=O) groups excluding carboxylic acids is 1. The molecule has 0 aliphatic rings. The monoisotopic (exact) mass is 216 g/mol. The molecule has 0 saturated carbocycles. The third-order valence-corrected chi connectivity index (χ3v) is 1.87. The van der Waals surface area contributed by atoms with Crippen LogP contribution in [0, 0.1) is 0 Å².